The van der Waals surface area contributed by atoms with Gasteiger partial charge < -0.3 is 5.73 Å². The van der Waals surface area contributed by atoms with Gasteiger partial charge in [0.05, 0.1) is 5.69 Å². The van der Waals surface area contributed by atoms with E-state index >= 15 is 0 Å². The molecule has 1 saturated carbocycles. The third-order valence-electron chi connectivity index (χ3n) is 3.76. The van der Waals surface area contributed by atoms with E-state index < -0.39 is 0 Å². The highest BCUT2D eigenvalue weighted by molar-refractivity contribution is 5.59. The Hall–Kier alpha value is -1.74. The fourth-order valence-electron chi connectivity index (χ4n) is 2.52. The highest BCUT2D eigenvalue weighted by Gasteiger charge is 2.29. The molecule has 3 heteroatoms. The number of rotatable bonds is 2. The average molecular weight is 253 g/mol. The van der Waals surface area contributed by atoms with Gasteiger partial charge in [0.1, 0.15) is 5.82 Å². The van der Waals surface area contributed by atoms with Gasteiger partial charge in [-0.05, 0) is 32.8 Å². The van der Waals surface area contributed by atoms with E-state index in [0.29, 0.717) is 12.0 Å². The molecule has 0 spiro atoms. The molecule has 0 amide bonds. The zero-order valence-corrected chi connectivity index (χ0v) is 11.4. The van der Waals surface area contributed by atoms with E-state index in [1.54, 1.807) is 0 Å². The third kappa shape index (κ3) is 2.51. The van der Waals surface area contributed by atoms with E-state index in [4.69, 9.17) is 10.7 Å². The molecule has 0 aliphatic heterocycles. The smallest absolute Gasteiger partial charge is 0.132 e. The summed E-state index contributed by atoms with van der Waals surface area (Å²) in [5.41, 5.74) is 10.3. The molecule has 2 aromatic rings. The number of benzene rings is 1. The molecule has 2 N–H and O–H groups in total. The quantitative estimate of drug-likeness (QED) is 0.895. The molecule has 1 aromatic carbocycles. The molecule has 1 aliphatic rings. The van der Waals surface area contributed by atoms with Crippen LogP contribution < -0.4 is 5.73 Å². The molecule has 0 unspecified atom stereocenters. The minimum atomic E-state index is 0.330. The highest BCUT2D eigenvalue weighted by atomic mass is 14.9. The van der Waals surface area contributed by atoms with Crippen LogP contribution in [0, 0.1) is 13.8 Å². The molecule has 98 valence electrons. The summed E-state index contributed by atoms with van der Waals surface area (Å²) in [5.74, 6) is 1.40. The fraction of sp³-hybridized carbons (Fsp3) is 0.375. The first-order valence-electron chi connectivity index (χ1n) is 6.80. The topological polar surface area (TPSA) is 51.8 Å². The van der Waals surface area contributed by atoms with Crippen LogP contribution in [0.3, 0.4) is 0 Å². The Labute approximate surface area is 113 Å². The maximum Gasteiger partial charge on any atom is 0.132 e. The van der Waals surface area contributed by atoms with Crippen LogP contribution in [-0.4, -0.2) is 16.0 Å². The van der Waals surface area contributed by atoms with Crippen molar-refractivity contribution in [3.8, 4) is 11.3 Å². The molecule has 1 aliphatic carbocycles. The summed E-state index contributed by atoms with van der Waals surface area (Å²) in [6.45, 7) is 4.12. The predicted octanol–water partition coefficient (Wildman–Crippen LogP) is 2.97. The molecule has 1 fully saturated rings. The Kier molecular flexibility index (Phi) is 3.07. The van der Waals surface area contributed by atoms with Crippen LogP contribution in [-0.2, 0) is 0 Å². The molecular formula is C16H19N3. The van der Waals surface area contributed by atoms with Crippen molar-refractivity contribution in [2.75, 3.05) is 0 Å². The Balaban J connectivity index is 1.95. The van der Waals surface area contributed by atoms with Gasteiger partial charge in [-0.15, -0.1) is 0 Å². The van der Waals surface area contributed by atoms with Crippen LogP contribution in [0.2, 0.25) is 0 Å². The lowest BCUT2D eigenvalue weighted by atomic mass is 9.80. The standard InChI is InChI=1S/C16H19N3/c1-10-3-5-12(6-4-10)15-7-11(2)18-16(19-15)13-8-14(17)9-13/h3-7,13-14H,8-9,17H2,1-2H3. The number of hydrogen-bond acceptors (Lipinski definition) is 3. The molecule has 3 rings (SSSR count). The summed E-state index contributed by atoms with van der Waals surface area (Å²) < 4.78 is 0. The van der Waals surface area contributed by atoms with Crippen molar-refractivity contribution in [1.82, 2.24) is 9.97 Å². The van der Waals surface area contributed by atoms with Gasteiger partial charge in [0.2, 0.25) is 0 Å². The largest absolute Gasteiger partial charge is 0.328 e. The maximum atomic E-state index is 5.85. The van der Waals surface area contributed by atoms with Gasteiger partial charge in [0.15, 0.2) is 0 Å². The minimum Gasteiger partial charge on any atom is -0.328 e. The monoisotopic (exact) mass is 253 g/mol. The van der Waals surface area contributed by atoms with Gasteiger partial charge in [0.25, 0.3) is 0 Å². The highest BCUT2D eigenvalue weighted by Crippen LogP contribution is 2.34. The van der Waals surface area contributed by atoms with E-state index in [2.05, 4.69) is 36.2 Å². The van der Waals surface area contributed by atoms with Crippen LogP contribution in [0.15, 0.2) is 30.3 Å². The minimum absolute atomic E-state index is 0.330. The summed E-state index contributed by atoms with van der Waals surface area (Å²) in [7, 11) is 0. The molecule has 0 saturated heterocycles. The van der Waals surface area contributed by atoms with Crippen LogP contribution in [0.4, 0.5) is 0 Å². The summed E-state index contributed by atoms with van der Waals surface area (Å²) in [5, 5.41) is 0. The lowest BCUT2D eigenvalue weighted by Crippen LogP contribution is -2.35. The van der Waals surface area contributed by atoms with Crippen LogP contribution in [0.25, 0.3) is 11.3 Å². The molecule has 1 heterocycles. The lowest BCUT2D eigenvalue weighted by molar-refractivity contribution is 0.338. The van der Waals surface area contributed by atoms with Gasteiger partial charge in [-0.3, -0.25) is 0 Å². The SMILES string of the molecule is Cc1ccc(-c2cc(C)nc(C3CC(N)C3)n2)cc1. The predicted molar refractivity (Wildman–Crippen MR) is 76.9 cm³/mol. The van der Waals surface area contributed by atoms with Crippen molar-refractivity contribution in [1.29, 1.82) is 0 Å². The number of nitrogens with two attached hydrogens (primary N) is 1. The van der Waals surface area contributed by atoms with Gasteiger partial charge in [-0.25, -0.2) is 9.97 Å². The zero-order chi connectivity index (χ0) is 13.4. The summed E-state index contributed by atoms with van der Waals surface area (Å²) in [4.78, 5) is 9.29. The summed E-state index contributed by atoms with van der Waals surface area (Å²) in [6.07, 6.45) is 2.02. The average Bonchev–Trinajstić information content (AvgIpc) is 2.35. The van der Waals surface area contributed by atoms with Crippen molar-refractivity contribution in [2.24, 2.45) is 5.73 Å². The van der Waals surface area contributed by atoms with E-state index in [0.717, 1.165) is 35.6 Å². The first kappa shape index (κ1) is 12.3. The number of hydrogen-bond donors (Lipinski definition) is 1. The second-order valence-corrected chi connectivity index (χ2v) is 5.55. The van der Waals surface area contributed by atoms with Crippen molar-refractivity contribution >= 4 is 0 Å². The fourth-order valence-corrected chi connectivity index (χ4v) is 2.52. The molecule has 0 atom stereocenters. The molecule has 3 nitrogen and oxygen atoms in total. The lowest BCUT2D eigenvalue weighted by Gasteiger charge is -2.31. The number of nitrogens with zero attached hydrogens (tertiary/aromatic N) is 2. The van der Waals surface area contributed by atoms with Crippen molar-refractivity contribution in [3.63, 3.8) is 0 Å². The first-order valence-corrected chi connectivity index (χ1v) is 6.80. The molecule has 19 heavy (non-hydrogen) atoms. The van der Waals surface area contributed by atoms with E-state index in [9.17, 15) is 0 Å². The second-order valence-electron chi connectivity index (χ2n) is 5.55. The first-order chi connectivity index (χ1) is 9.11. The van der Waals surface area contributed by atoms with Gasteiger partial charge in [0, 0.05) is 23.2 Å². The maximum absolute atomic E-state index is 5.85. The third-order valence-corrected chi connectivity index (χ3v) is 3.76. The Morgan fingerprint density at radius 3 is 2.37 bits per heavy atom. The van der Waals surface area contributed by atoms with Crippen molar-refractivity contribution < 1.29 is 0 Å². The Morgan fingerprint density at radius 2 is 1.74 bits per heavy atom. The van der Waals surface area contributed by atoms with Crippen molar-refractivity contribution in [2.45, 2.75) is 38.6 Å². The van der Waals surface area contributed by atoms with E-state index in [-0.39, 0.29) is 0 Å². The van der Waals surface area contributed by atoms with Crippen molar-refractivity contribution in [3.05, 3.63) is 47.4 Å². The van der Waals surface area contributed by atoms with E-state index in [1.165, 1.54) is 5.56 Å². The Morgan fingerprint density at radius 1 is 1.05 bits per heavy atom. The molecule has 0 radical (unpaired) electrons. The number of aryl methyl sites for hydroxylation is 2. The van der Waals surface area contributed by atoms with Crippen LogP contribution >= 0.6 is 0 Å². The molecule has 0 bridgehead atoms. The van der Waals surface area contributed by atoms with Crippen LogP contribution in [0.1, 0.15) is 35.8 Å². The van der Waals surface area contributed by atoms with Gasteiger partial charge in [-0.1, -0.05) is 29.8 Å². The number of aromatic nitrogens is 2. The van der Waals surface area contributed by atoms with Gasteiger partial charge in [-0.2, -0.15) is 0 Å². The summed E-state index contributed by atoms with van der Waals surface area (Å²) in [6, 6.07) is 10.8. The zero-order valence-electron chi connectivity index (χ0n) is 11.4. The summed E-state index contributed by atoms with van der Waals surface area (Å²) >= 11 is 0. The Bertz CT molecular complexity index is 583. The van der Waals surface area contributed by atoms with Crippen LogP contribution in [0.5, 0.6) is 0 Å². The van der Waals surface area contributed by atoms with Gasteiger partial charge >= 0.3 is 0 Å². The second kappa shape index (κ2) is 4.74. The normalized spacial score (nSPS) is 22.1. The van der Waals surface area contributed by atoms with E-state index in [1.807, 2.05) is 13.0 Å². The molecular weight excluding hydrogens is 234 g/mol. The molecule has 1 aromatic heterocycles.